The molecule has 4 heteroatoms. The van der Waals surface area contributed by atoms with Crippen molar-refractivity contribution in [2.45, 2.75) is 13.3 Å². The molecule has 1 saturated heterocycles. The van der Waals surface area contributed by atoms with E-state index in [9.17, 15) is 9.18 Å². The molecule has 1 heterocycles. The lowest BCUT2D eigenvalue weighted by Gasteiger charge is -2.17. The number of likely N-dealkylation sites (tertiary alicyclic amines) is 1. The van der Waals surface area contributed by atoms with Crippen molar-refractivity contribution in [3.8, 4) is 0 Å². The first-order valence-electron chi connectivity index (χ1n) is 5.87. The molecule has 17 heavy (non-hydrogen) atoms. The van der Waals surface area contributed by atoms with Crippen LogP contribution in [0.1, 0.15) is 22.3 Å². The van der Waals surface area contributed by atoms with Gasteiger partial charge >= 0.3 is 0 Å². The fraction of sp³-hybridized carbons (Fsp3) is 0.462. The van der Waals surface area contributed by atoms with Crippen LogP contribution in [0, 0.1) is 18.7 Å². The molecule has 0 saturated carbocycles. The van der Waals surface area contributed by atoms with Crippen LogP contribution in [0.2, 0.25) is 0 Å². The highest BCUT2D eigenvalue weighted by Crippen LogP contribution is 2.19. The van der Waals surface area contributed by atoms with Gasteiger partial charge in [-0.1, -0.05) is 11.6 Å². The Morgan fingerprint density at radius 1 is 1.59 bits per heavy atom. The van der Waals surface area contributed by atoms with Crippen molar-refractivity contribution in [3.05, 3.63) is 35.1 Å². The first-order chi connectivity index (χ1) is 8.11. The summed E-state index contributed by atoms with van der Waals surface area (Å²) < 4.78 is 13.6. The maximum Gasteiger partial charge on any atom is 0.256 e. The zero-order valence-electron chi connectivity index (χ0n) is 9.95. The van der Waals surface area contributed by atoms with Crippen LogP contribution in [0.4, 0.5) is 4.39 Å². The van der Waals surface area contributed by atoms with Crippen LogP contribution < -0.4 is 5.73 Å². The van der Waals surface area contributed by atoms with Crippen molar-refractivity contribution < 1.29 is 9.18 Å². The lowest BCUT2D eigenvalue weighted by atomic mass is 10.1. The average Bonchev–Trinajstić information content (AvgIpc) is 2.80. The van der Waals surface area contributed by atoms with Gasteiger partial charge in [-0.2, -0.15) is 0 Å². The second-order valence-electron chi connectivity index (χ2n) is 4.62. The number of benzene rings is 1. The summed E-state index contributed by atoms with van der Waals surface area (Å²) in [6.45, 7) is 3.75. The molecule has 1 fully saturated rings. The third-order valence-electron chi connectivity index (χ3n) is 3.26. The largest absolute Gasteiger partial charge is 0.338 e. The highest BCUT2D eigenvalue weighted by atomic mass is 19.1. The van der Waals surface area contributed by atoms with Crippen molar-refractivity contribution in [2.24, 2.45) is 11.7 Å². The van der Waals surface area contributed by atoms with E-state index < -0.39 is 5.82 Å². The molecule has 0 radical (unpaired) electrons. The normalized spacial score (nSPS) is 19.7. The Morgan fingerprint density at radius 3 is 3.00 bits per heavy atom. The van der Waals surface area contributed by atoms with Crippen LogP contribution in [0.25, 0.3) is 0 Å². The number of nitrogens with zero attached hydrogens (tertiary/aromatic N) is 1. The van der Waals surface area contributed by atoms with E-state index in [0.717, 1.165) is 12.0 Å². The van der Waals surface area contributed by atoms with Gasteiger partial charge in [0.2, 0.25) is 0 Å². The molecule has 1 aromatic rings. The Morgan fingerprint density at radius 2 is 2.35 bits per heavy atom. The SMILES string of the molecule is Cc1ccc(F)c(C(=O)N2CC[C@H](CN)C2)c1. The Balaban J connectivity index is 2.17. The number of aryl methyl sites for hydroxylation is 1. The zero-order valence-corrected chi connectivity index (χ0v) is 9.95. The molecular formula is C13H17FN2O. The molecule has 0 aromatic heterocycles. The van der Waals surface area contributed by atoms with Gasteiger partial charge in [0.1, 0.15) is 5.82 Å². The maximum atomic E-state index is 13.6. The Hall–Kier alpha value is -1.42. The number of rotatable bonds is 2. The predicted molar refractivity (Wildman–Crippen MR) is 64.2 cm³/mol. The van der Waals surface area contributed by atoms with Crippen LogP contribution in [0.5, 0.6) is 0 Å². The van der Waals surface area contributed by atoms with E-state index in [1.54, 1.807) is 17.0 Å². The fourth-order valence-corrected chi connectivity index (χ4v) is 2.18. The lowest BCUT2D eigenvalue weighted by Crippen LogP contribution is -2.30. The molecule has 1 aromatic carbocycles. The van der Waals surface area contributed by atoms with Gasteiger partial charge in [-0.3, -0.25) is 4.79 Å². The van der Waals surface area contributed by atoms with Crippen molar-refractivity contribution in [3.63, 3.8) is 0 Å². The second-order valence-corrected chi connectivity index (χ2v) is 4.62. The fourth-order valence-electron chi connectivity index (χ4n) is 2.18. The van der Waals surface area contributed by atoms with Gasteiger partial charge in [0.25, 0.3) is 5.91 Å². The predicted octanol–water partition coefficient (Wildman–Crippen LogP) is 1.55. The number of amides is 1. The summed E-state index contributed by atoms with van der Waals surface area (Å²) in [7, 11) is 0. The molecule has 2 rings (SSSR count). The van der Waals surface area contributed by atoms with Crippen LogP contribution >= 0.6 is 0 Å². The summed E-state index contributed by atoms with van der Waals surface area (Å²) in [6, 6.07) is 4.62. The van der Waals surface area contributed by atoms with Crippen LogP contribution in [0.15, 0.2) is 18.2 Å². The number of nitrogens with two attached hydrogens (primary N) is 1. The quantitative estimate of drug-likeness (QED) is 0.847. The molecule has 1 aliphatic rings. The number of carbonyl (C=O) groups excluding carboxylic acids is 1. The maximum absolute atomic E-state index is 13.6. The molecule has 0 unspecified atom stereocenters. The summed E-state index contributed by atoms with van der Waals surface area (Å²) in [5, 5.41) is 0. The number of hydrogen-bond donors (Lipinski definition) is 1. The van der Waals surface area contributed by atoms with Gasteiger partial charge in [-0.15, -0.1) is 0 Å². The summed E-state index contributed by atoms with van der Waals surface area (Å²) in [4.78, 5) is 13.8. The van der Waals surface area contributed by atoms with E-state index >= 15 is 0 Å². The monoisotopic (exact) mass is 236 g/mol. The first kappa shape index (κ1) is 12.0. The summed E-state index contributed by atoms with van der Waals surface area (Å²) in [6.07, 6.45) is 0.912. The molecule has 0 bridgehead atoms. The van der Waals surface area contributed by atoms with Crippen molar-refractivity contribution >= 4 is 5.91 Å². The van der Waals surface area contributed by atoms with E-state index in [4.69, 9.17) is 5.73 Å². The number of carbonyl (C=O) groups is 1. The minimum atomic E-state index is -0.447. The molecule has 0 spiro atoms. The summed E-state index contributed by atoms with van der Waals surface area (Å²) in [5.74, 6) is -0.314. The molecule has 1 atom stereocenters. The van der Waals surface area contributed by atoms with E-state index in [-0.39, 0.29) is 11.5 Å². The van der Waals surface area contributed by atoms with Crippen molar-refractivity contribution in [2.75, 3.05) is 19.6 Å². The van der Waals surface area contributed by atoms with Gasteiger partial charge in [0, 0.05) is 13.1 Å². The molecule has 0 aliphatic carbocycles. The zero-order chi connectivity index (χ0) is 12.4. The second kappa shape index (κ2) is 4.84. The Kier molecular flexibility index (Phi) is 3.43. The third kappa shape index (κ3) is 2.47. The molecular weight excluding hydrogens is 219 g/mol. The van der Waals surface area contributed by atoms with E-state index in [1.807, 2.05) is 6.92 Å². The third-order valence-corrected chi connectivity index (χ3v) is 3.26. The minimum absolute atomic E-state index is 0.169. The van der Waals surface area contributed by atoms with Crippen LogP contribution in [0.3, 0.4) is 0 Å². The van der Waals surface area contributed by atoms with Gasteiger partial charge in [0.15, 0.2) is 0 Å². The summed E-state index contributed by atoms with van der Waals surface area (Å²) >= 11 is 0. The van der Waals surface area contributed by atoms with Gasteiger partial charge in [0.05, 0.1) is 5.56 Å². The van der Waals surface area contributed by atoms with Gasteiger partial charge in [-0.25, -0.2) is 4.39 Å². The van der Waals surface area contributed by atoms with E-state index in [2.05, 4.69) is 0 Å². The van der Waals surface area contributed by atoms with Gasteiger partial charge in [-0.05, 0) is 37.9 Å². The Labute approximate surface area is 100 Å². The molecule has 92 valence electrons. The first-order valence-corrected chi connectivity index (χ1v) is 5.87. The van der Waals surface area contributed by atoms with Crippen molar-refractivity contribution in [1.82, 2.24) is 4.90 Å². The molecule has 1 amide bonds. The molecule has 2 N–H and O–H groups in total. The summed E-state index contributed by atoms with van der Waals surface area (Å²) in [5.41, 5.74) is 6.64. The standard InChI is InChI=1S/C13H17FN2O/c1-9-2-3-12(14)11(6-9)13(17)16-5-4-10(7-15)8-16/h2-3,6,10H,4-5,7-8,15H2,1H3/t10-/m1/s1. The highest BCUT2D eigenvalue weighted by molar-refractivity contribution is 5.94. The van der Waals surface area contributed by atoms with E-state index in [0.29, 0.717) is 25.6 Å². The smallest absolute Gasteiger partial charge is 0.256 e. The van der Waals surface area contributed by atoms with Crippen molar-refractivity contribution in [1.29, 1.82) is 0 Å². The highest BCUT2D eigenvalue weighted by Gasteiger charge is 2.27. The molecule has 1 aliphatic heterocycles. The van der Waals surface area contributed by atoms with Crippen LogP contribution in [-0.2, 0) is 0 Å². The number of hydrogen-bond acceptors (Lipinski definition) is 2. The lowest BCUT2D eigenvalue weighted by molar-refractivity contribution is 0.0783. The Bertz CT molecular complexity index is 433. The topological polar surface area (TPSA) is 46.3 Å². The minimum Gasteiger partial charge on any atom is -0.338 e. The molecule has 3 nitrogen and oxygen atoms in total. The van der Waals surface area contributed by atoms with E-state index in [1.165, 1.54) is 6.07 Å². The van der Waals surface area contributed by atoms with Gasteiger partial charge < -0.3 is 10.6 Å². The average molecular weight is 236 g/mol. The number of halogens is 1. The van der Waals surface area contributed by atoms with Crippen LogP contribution in [-0.4, -0.2) is 30.4 Å².